The van der Waals surface area contributed by atoms with Crippen molar-refractivity contribution < 1.29 is 14.3 Å². The van der Waals surface area contributed by atoms with Crippen LogP contribution in [0.1, 0.15) is 20.7 Å². The summed E-state index contributed by atoms with van der Waals surface area (Å²) in [6.07, 6.45) is 3.10. The van der Waals surface area contributed by atoms with Crippen LogP contribution in [0.25, 0.3) is 0 Å². The van der Waals surface area contributed by atoms with Crippen LogP contribution in [0.2, 0.25) is 0 Å². The van der Waals surface area contributed by atoms with Gasteiger partial charge in [0.1, 0.15) is 0 Å². The molecule has 130 valence electrons. The van der Waals surface area contributed by atoms with E-state index in [1.165, 1.54) is 13.3 Å². The van der Waals surface area contributed by atoms with Gasteiger partial charge in [-0.25, -0.2) is 4.79 Å². The normalized spacial score (nSPS) is 10.0. The summed E-state index contributed by atoms with van der Waals surface area (Å²) in [4.78, 5) is 28.5. The Kier molecular flexibility index (Phi) is 5.24. The van der Waals surface area contributed by atoms with Gasteiger partial charge in [0.15, 0.2) is 0 Å². The predicted octanol–water partition coefficient (Wildman–Crippen LogP) is 3.86. The lowest BCUT2D eigenvalue weighted by Gasteiger charge is -2.11. The number of carbonyl (C=O) groups is 2. The zero-order valence-electron chi connectivity index (χ0n) is 14.1. The highest BCUT2D eigenvalue weighted by Gasteiger charge is 2.14. The summed E-state index contributed by atoms with van der Waals surface area (Å²) in [5.41, 5.74) is 2.61. The molecule has 1 heterocycles. The largest absolute Gasteiger partial charge is 0.465 e. The fourth-order valence-corrected chi connectivity index (χ4v) is 2.40. The monoisotopic (exact) mass is 347 g/mol. The molecule has 0 unspecified atom stereocenters. The molecule has 1 amide bonds. The van der Waals surface area contributed by atoms with E-state index in [1.807, 2.05) is 30.3 Å². The summed E-state index contributed by atoms with van der Waals surface area (Å²) >= 11 is 0. The second kappa shape index (κ2) is 7.94. The highest BCUT2D eigenvalue weighted by Crippen LogP contribution is 2.19. The highest BCUT2D eigenvalue weighted by atomic mass is 16.5. The first kappa shape index (κ1) is 17.2. The minimum atomic E-state index is -0.515. The summed E-state index contributed by atoms with van der Waals surface area (Å²) in [6.45, 7) is 0. The van der Waals surface area contributed by atoms with E-state index in [0.717, 1.165) is 5.69 Å². The van der Waals surface area contributed by atoms with E-state index in [-0.39, 0.29) is 11.5 Å². The molecule has 0 radical (unpaired) electrons. The summed E-state index contributed by atoms with van der Waals surface area (Å²) in [5.74, 6) is -0.885. The van der Waals surface area contributed by atoms with Crippen molar-refractivity contribution in [1.29, 1.82) is 0 Å². The van der Waals surface area contributed by atoms with Crippen LogP contribution in [0.5, 0.6) is 0 Å². The molecular weight excluding hydrogens is 330 g/mol. The van der Waals surface area contributed by atoms with E-state index in [4.69, 9.17) is 4.74 Å². The molecule has 1 aromatic heterocycles. The highest BCUT2D eigenvalue weighted by molar-refractivity contribution is 6.08. The Hall–Kier alpha value is -3.67. The number of rotatable bonds is 5. The van der Waals surface area contributed by atoms with Crippen LogP contribution >= 0.6 is 0 Å². The van der Waals surface area contributed by atoms with E-state index in [0.29, 0.717) is 16.9 Å². The second-order valence-corrected chi connectivity index (χ2v) is 5.44. The van der Waals surface area contributed by atoms with Gasteiger partial charge in [-0.05, 0) is 30.3 Å². The number of nitrogens with zero attached hydrogens (tertiary/aromatic N) is 1. The number of anilines is 3. The fraction of sp³-hybridized carbons (Fsp3) is 0.0500. The summed E-state index contributed by atoms with van der Waals surface area (Å²) in [6, 6.07) is 17.9. The first-order chi connectivity index (χ1) is 12.7. The third-order valence-electron chi connectivity index (χ3n) is 3.64. The molecule has 0 atom stereocenters. The van der Waals surface area contributed by atoms with Crippen molar-refractivity contribution in [3.05, 3.63) is 84.2 Å². The van der Waals surface area contributed by atoms with Crippen molar-refractivity contribution in [2.75, 3.05) is 17.7 Å². The van der Waals surface area contributed by atoms with Crippen LogP contribution in [0, 0.1) is 0 Å². The Balaban J connectivity index is 1.79. The molecule has 0 bridgehead atoms. The van der Waals surface area contributed by atoms with Gasteiger partial charge < -0.3 is 15.4 Å². The quantitative estimate of drug-likeness (QED) is 0.685. The van der Waals surface area contributed by atoms with E-state index in [2.05, 4.69) is 15.6 Å². The van der Waals surface area contributed by atoms with Crippen LogP contribution in [-0.4, -0.2) is 24.0 Å². The number of aromatic nitrogens is 1. The van der Waals surface area contributed by atoms with Gasteiger partial charge in [-0.2, -0.15) is 0 Å². The average Bonchev–Trinajstić information content (AvgIpc) is 2.69. The van der Waals surface area contributed by atoms with Crippen LogP contribution in [0.3, 0.4) is 0 Å². The van der Waals surface area contributed by atoms with Gasteiger partial charge in [-0.15, -0.1) is 0 Å². The lowest BCUT2D eigenvalue weighted by Crippen LogP contribution is -2.15. The van der Waals surface area contributed by atoms with Crippen molar-refractivity contribution in [3.8, 4) is 0 Å². The van der Waals surface area contributed by atoms with Crippen LogP contribution in [-0.2, 0) is 4.74 Å². The van der Waals surface area contributed by atoms with Gasteiger partial charge in [0.05, 0.1) is 35.8 Å². The molecule has 3 aromatic rings. The molecule has 0 aliphatic rings. The SMILES string of the molecule is COC(=O)c1ccccc1NC(=O)c1cncc(Nc2ccccc2)c1. The minimum absolute atomic E-state index is 0.287. The molecule has 0 aliphatic heterocycles. The molecule has 3 rings (SSSR count). The predicted molar refractivity (Wildman–Crippen MR) is 99.7 cm³/mol. The summed E-state index contributed by atoms with van der Waals surface area (Å²) < 4.78 is 4.74. The zero-order chi connectivity index (χ0) is 18.4. The molecule has 2 N–H and O–H groups in total. The maximum Gasteiger partial charge on any atom is 0.339 e. The summed E-state index contributed by atoms with van der Waals surface area (Å²) in [7, 11) is 1.30. The van der Waals surface area contributed by atoms with Crippen molar-refractivity contribution in [3.63, 3.8) is 0 Å². The topological polar surface area (TPSA) is 80.3 Å². The molecule has 0 saturated carbocycles. The Labute approximate surface area is 150 Å². The van der Waals surface area contributed by atoms with Gasteiger partial charge in [0.25, 0.3) is 5.91 Å². The molecule has 6 nitrogen and oxygen atoms in total. The molecule has 6 heteroatoms. The average molecular weight is 347 g/mol. The Morgan fingerprint density at radius 3 is 2.42 bits per heavy atom. The first-order valence-electron chi connectivity index (χ1n) is 7.93. The number of esters is 1. The third-order valence-corrected chi connectivity index (χ3v) is 3.64. The van der Waals surface area contributed by atoms with Crippen molar-refractivity contribution in [1.82, 2.24) is 4.98 Å². The lowest BCUT2D eigenvalue weighted by molar-refractivity contribution is 0.0602. The Morgan fingerprint density at radius 1 is 0.923 bits per heavy atom. The van der Waals surface area contributed by atoms with Crippen molar-refractivity contribution in [2.24, 2.45) is 0 Å². The summed E-state index contributed by atoms with van der Waals surface area (Å²) in [5, 5.41) is 5.91. The maximum atomic E-state index is 12.6. The minimum Gasteiger partial charge on any atom is -0.465 e. The molecule has 0 saturated heterocycles. The number of para-hydroxylation sites is 2. The number of methoxy groups -OCH3 is 1. The third kappa shape index (κ3) is 4.05. The first-order valence-corrected chi connectivity index (χ1v) is 7.93. The number of carbonyl (C=O) groups excluding carboxylic acids is 2. The standard InChI is InChI=1S/C20H17N3O3/c1-26-20(25)17-9-5-6-10-18(17)23-19(24)14-11-16(13-21-12-14)22-15-7-3-2-4-8-15/h2-13,22H,1H3,(H,23,24). The lowest BCUT2D eigenvalue weighted by atomic mass is 10.1. The molecule has 0 fully saturated rings. The van der Waals surface area contributed by atoms with E-state index in [9.17, 15) is 9.59 Å². The van der Waals surface area contributed by atoms with E-state index < -0.39 is 5.97 Å². The van der Waals surface area contributed by atoms with Crippen LogP contribution in [0.15, 0.2) is 73.1 Å². The van der Waals surface area contributed by atoms with Gasteiger partial charge in [-0.1, -0.05) is 30.3 Å². The smallest absolute Gasteiger partial charge is 0.339 e. The molecular formula is C20H17N3O3. The fourth-order valence-electron chi connectivity index (χ4n) is 2.40. The maximum absolute atomic E-state index is 12.6. The zero-order valence-corrected chi connectivity index (χ0v) is 14.1. The van der Waals surface area contributed by atoms with E-state index >= 15 is 0 Å². The number of hydrogen-bond donors (Lipinski definition) is 2. The van der Waals surface area contributed by atoms with Crippen LogP contribution in [0.4, 0.5) is 17.1 Å². The van der Waals surface area contributed by atoms with Crippen molar-refractivity contribution >= 4 is 28.9 Å². The Bertz CT molecular complexity index is 926. The van der Waals surface area contributed by atoms with E-state index in [1.54, 1.807) is 36.5 Å². The van der Waals surface area contributed by atoms with Gasteiger partial charge in [0, 0.05) is 11.9 Å². The molecule has 26 heavy (non-hydrogen) atoms. The Morgan fingerprint density at radius 2 is 1.65 bits per heavy atom. The molecule has 2 aromatic carbocycles. The van der Waals surface area contributed by atoms with Gasteiger partial charge in [0.2, 0.25) is 0 Å². The number of benzene rings is 2. The number of hydrogen-bond acceptors (Lipinski definition) is 5. The van der Waals surface area contributed by atoms with Crippen LogP contribution < -0.4 is 10.6 Å². The number of ether oxygens (including phenoxy) is 1. The van der Waals surface area contributed by atoms with Gasteiger partial charge >= 0.3 is 5.97 Å². The number of nitrogens with one attached hydrogen (secondary N) is 2. The second-order valence-electron chi connectivity index (χ2n) is 5.44. The molecule has 0 aliphatic carbocycles. The van der Waals surface area contributed by atoms with Crippen molar-refractivity contribution in [2.45, 2.75) is 0 Å². The molecule has 0 spiro atoms. The van der Waals surface area contributed by atoms with Gasteiger partial charge in [-0.3, -0.25) is 9.78 Å². The number of amides is 1. The number of pyridine rings is 1.